The summed E-state index contributed by atoms with van der Waals surface area (Å²) in [5.41, 5.74) is 0.370. The molecule has 0 aromatic heterocycles. The molecule has 0 radical (unpaired) electrons. The van der Waals surface area contributed by atoms with E-state index in [1.54, 1.807) is 4.83 Å². The van der Waals surface area contributed by atoms with Gasteiger partial charge in [0, 0.05) is 7.05 Å². The van der Waals surface area contributed by atoms with Gasteiger partial charge < -0.3 is 11.4 Å². The Morgan fingerprint density at radius 3 is 2.65 bits per heavy atom. The van der Waals surface area contributed by atoms with E-state index < -0.39 is 46.6 Å². The van der Waals surface area contributed by atoms with E-state index in [1.165, 1.54) is 13.0 Å². The number of carboxylic acids is 1. The molecule has 3 amide bonds. The van der Waals surface area contributed by atoms with Crippen molar-refractivity contribution < 1.29 is 57.4 Å². The second-order valence-electron chi connectivity index (χ2n) is 5.43. The topological polar surface area (TPSA) is 163 Å². The SMILES string of the molecule is CC1=C[C@@H]2CN(C(=O)N2O[C@@H](F)C(=O)O)[C@@H]1C(=O)N(C)NS(N)(=O)=O.[H-].[Li+]. The molecule has 2 heterocycles. The number of rotatable bonds is 6. The normalized spacial score (nSPS) is 23.2. The van der Waals surface area contributed by atoms with Gasteiger partial charge in [-0.1, -0.05) is 6.08 Å². The number of carbonyl (C=O) groups is 3. The number of fused-ring (bicyclic) bond motifs is 2. The molecule has 1 saturated heterocycles. The third kappa shape index (κ3) is 4.53. The smallest absolute Gasteiger partial charge is 1.00 e. The van der Waals surface area contributed by atoms with Gasteiger partial charge in [-0.25, -0.2) is 24.0 Å². The van der Waals surface area contributed by atoms with Gasteiger partial charge in [-0.3, -0.25) is 9.80 Å². The van der Waals surface area contributed by atoms with E-state index in [0.29, 0.717) is 15.6 Å². The van der Waals surface area contributed by atoms with Gasteiger partial charge >= 0.3 is 37.2 Å². The molecular weight excluding hydrogens is 372 g/mol. The Bertz CT molecular complexity index is 753. The number of nitrogens with two attached hydrogens (primary N) is 1. The molecule has 0 unspecified atom stereocenters. The first-order valence-corrected chi connectivity index (χ1v) is 8.36. The van der Waals surface area contributed by atoms with Crippen LogP contribution in [0.1, 0.15) is 8.35 Å². The Balaban J connectivity index is 0.00000338. The first-order chi connectivity index (χ1) is 11.4. The van der Waals surface area contributed by atoms with Crippen LogP contribution in [0, 0.1) is 0 Å². The van der Waals surface area contributed by atoms with Crippen molar-refractivity contribution in [1.82, 2.24) is 19.8 Å². The fraction of sp³-hybridized carbons (Fsp3) is 0.545. The summed E-state index contributed by atoms with van der Waals surface area (Å²) >= 11 is 0. The van der Waals surface area contributed by atoms with E-state index in [1.807, 2.05) is 0 Å². The van der Waals surface area contributed by atoms with Crippen molar-refractivity contribution in [2.24, 2.45) is 5.14 Å². The number of nitrogens with one attached hydrogen (secondary N) is 1. The summed E-state index contributed by atoms with van der Waals surface area (Å²) in [5, 5.41) is 14.5. The molecule has 2 bridgehead atoms. The maximum atomic E-state index is 13.3. The van der Waals surface area contributed by atoms with Gasteiger partial charge in [0.1, 0.15) is 6.04 Å². The summed E-state index contributed by atoms with van der Waals surface area (Å²) in [6.45, 7) is 1.44. The average Bonchev–Trinajstić information content (AvgIpc) is 2.70. The van der Waals surface area contributed by atoms with Gasteiger partial charge in [0.05, 0.1) is 12.6 Å². The van der Waals surface area contributed by atoms with E-state index in [4.69, 9.17) is 10.2 Å². The molecule has 0 aliphatic carbocycles. The molecule has 0 aromatic carbocycles. The van der Waals surface area contributed by atoms with Crippen LogP contribution in [0.25, 0.3) is 0 Å². The predicted octanol–water partition coefficient (Wildman–Crippen LogP) is -4.98. The standard InChI is InChI=1S/C11H16FN5O7S.Li.H/c1-5-3-6-4-16(11(21)17(6)24-8(12)10(19)20)7(5)9(18)15(2)14-25(13,22)23;;/h3,6-8,14H,4H2,1-2H3,(H,19,20)(H2,13,22,23);;/q;+1;-1/t6-,7+,8-;;/m1../s1. The number of likely N-dealkylation sites (N-methyl/N-ethyl adjacent to an activating group) is 1. The van der Waals surface area contributed by atoms with Crippen molar-refractivity contribution in [2.75, 3.05) is 13.6 Å². The Hall–Kier alpha value is -1.69. The maximum absolute atomic E-state index is 13.3. The fourth-order valence-corrected chi connectivity index (χ4v) is 3.09. The van der Waals surface area contributed by atoms with Gasteiger partial charge in [-0.2, -0.15) is 13.5 Å². The number of hydrogen-bond donors (Lipinski definition) is 3. The van der Waals surface area contributed by atoms with Crippen LogP contribution in [0.3, 0.4) is 0 Å². The zero-order valence-corrected chi connectivity index (χ0v) is 14.9. The minimum absolute atomic E-state index is 0. The van der Waals surface area contributed by atoms with Crippen molar-refractivity contribution in [3.63, 3.8) is 0 Å². The van der Waals surface area contributed by atoms with E-state index in [9.17, 15) is 27.2 Å². The summed E-state index contributed by atoms with van der Waals surface area (Å²) in [6.07, 6.45) is -1.32. The molecule has 15 heteroatoms. The minimum atomic E-state index is -4.21. The van der Waals surface area contributed by atoms with Gasteiger partial charge in [-0.15, -0.1) is 4.83 Å². The first kappa shape index (κ1) is 22.3. The molecule has 1 fully saturated rings. The monoisotopic (exact) mass is 389 g/mol. The maximum Gasteiger partial charge on any atom is 1.00 e. The van der Waals surface area contributed by atoms with Crippen LogP contribution in [-0.4, -0.2) is 78.4 Å². The van der Waals surface area contributed by atoms with Crippen LogP contribution in [0.15, 0.2) is 11.6 Å². The number of aliphatic carboxylic acids is 1. The molecule has 2 aliphatic heterocycles. The molecule has 0 aromatic rings. The Morgan fingerprint density at radius 1 is 1.58 bits per heavy atom. The molecule has 2 aliphatic rings. The summed E-state index contributed by atoms with van der Waals surface area (Å²) in [6, 6.07) is -2.89. The van der Waals surface area contributed by atoms with Crippen LogP contribution in [0.5, 0.6) is 0 Å². The Kier molecular flexibility index (Phi) is 6.79. The van der Waals surface area contributed by atoms with Gasteiger partial charge in [-0.05, 0) is 12.5 Å². The second-order valence-corrected chi connectivity index (χ2v) is 6.71. The van der Waals surface area contributed by atoms with Crippen LogP contribution >= 0.6 is 0 Å². The van der Waals surface area contributed by atoms with Crippen molar-refractivity contribution in [2.45, 2.75) is 25.4 Å². The van der Waals surface area contributed by atoms with Gasteiger partial charge in [0.25, 0.3) is 16.1 Å². The molecule has 26 heavy (non-hydrogen) atoms. The number of alkyl halides is 1. The van der Waals surface area contributed by atoms with E-state index >= 15 is 0 Å². The van der Waals surface area contributed by atoms with Gasteiger partial charge in [0.15, 0.2) is 0 Å². The molecule has 142 valence electrons. The number of nitrogens with zero attached hydrogens (tertiary/aromatic N) is 3. The molecule has 12 nitrogen and oxygen atoms in total. The predicted molar refractivity (Wildman–Crippen MR) is 79.0 cm³/mol. The van der Waals surface area contributed by atoms with Crippen molar-refractivity contribution in [1.29, 1.82) is 0 Å². The zero-order chi connectivity index (χ0) is 19.1. The zero-order valence-electron chi connectivity index (χ0n) is 15.1. The fourth-order valence-electron chi connectivity index (χ4n) is 2.61. The van der Waals surface area contributed by atoms with Gasteiger partial charge in [0.2, 0.25) is 0 Å². The van der Waals surface area contributed by atoms with E-state index in [-0.39, 0.29) is 26.8 Å². The Labute approximate surface area is 161 Å². The molecule has 3 atom stereocenters. The summed E-state index contributed by atoms with van der Waals surface area (Å²) in [7, 11) is -3.11. The average molecular weight is 389 g/mol. The van der Waals surface area contributed by atoms with Crippen LogP contribution in [0.4, 0.5) is 9.18 Å². The number of halogens is 1. The van der Waals surface area contributed by atoms with Crippen LogP contribution in [0.2, 0.25) is 0 Å². The molecule has 0 spiro atoms. The number of carboxylic acid groups (broad SMARTS) is 1. The number of amides is 3. The first-order valence-electron chi connectivity index (χ1n) is 6.82. The third-order valence-corrected chi connectivity index (χ3v) is 4.07. The quantitative estimate of drug-likeness (QED) is 0.233. The van der Waals surface area contributed by atoms with Crippen LogP contribution < -0.4 is 28.8 Å². The van der Waals surface area contributed by atoms with Crippen LogP contribution in [-0.2, 0) is 24.6 Å². The molecular formula is C11H17FLiN5O7S. The number of hydrogen-bond acceptors (Lipinski definition) is 6. The van der Waals surface area contributed by atoms with Crippen molar-refractivity contribution in [3.05, 3.63) is 11.6 Å². The third-order valence-electron chi connectivity index (χ3n) is 3.55. The second kappa shape index (κ2) is 7.90. The molecule has 0 saturated carbocycles. The van der Waals surface area contributed by atoms with E-state index in [0.717, 1.165) is 11.9 Å². The van der Waals surface area contributed by atoms with Crippen molar-refractivity contribution >= 4 is 28.1 Å². The molecule has 2 rings (SSSR count). The number of hydroxylamine groups is 2. The number of urea groups is 1. The van der Waals surface area contributed by atoms with E-state index in [2.05, 4.69) is 4.84 Å². The Morgan fingerprint density at radius 2 is 2.15 bits per heavy atom. The summed E-state index contributed by atoms with van der Waals surface area (Å²) in [4.78, 5) is 42.5. The summed E-state index contributed by atoms with van der Waals surface area (Å²) < 4.78 is 35.3. The number of carbonyl (C=O) groups excluding carboxylic acids is 2. The number of hydrazine groups is 1. The largest absolute Gasteiger partial charge is 1.00 e. The molecule has 4 N–H and O–H groups in total. The summed E-state index contributed by atoms with van der Waals surface area (Å²) in [5.74, 6) is -2.72. The minimum Gasteiger partial charge on any atom is -1.00 e. The van der Waals surface area contributed by atoms with Crippen molar-refractivity contribution in [3.8, 4) is 0 Å².